The highest BCUT2D eigenvalue weighted by atomic mass is 35.5. The van der Waals surface area contributed by atoms with Crippen molar-refractivity contribution >= 4 is 17.6 Å². The molecule has 0 saturated carbocycles. The molecule has 1 unspecified atom stereocenters. The van der Waals surface area contributed by atoms with Gasteiger partial charge in [0.2, 0.25) is 0 Å². The summed E-state index contributed by atoms with van der Waals surface area (Å²) in [6.45, 7) is 2.91. The van der Waals surface area contributed by atoms with E-state index < -0.39 is 0 Å². The van der Waals surface area contributed by atoms with Crippen molar-refractivity contribution in [2.45, 2.75) is 26.1 Å². The molecule has 4 nitrogen and oxygen atoms in total. The van der Waals surface area contributed by atoms with Gasteiger partial charge in [-0.25, -0.2) is 0 Å². The summed E-state index contributed by atoms with van der Waals surface area (Å²) in [4.78, 5) is 11.6. The van der Waals surface area contributed by atoms with Crippen LogP contribution in [0.2, 0.25) is 5.02 Å². The van der Waals surface area contributed by atoms with Crippen LogP contribution in [0.15, 0.2) is 24.3 Å². The zero-order chi connectivity index (χ0) is 13.4. The maximum absolute atomic E-state index is 11.6. The zero-order valence-electron chi connectivity index (χ0n) is 10.4. The van der Waals surface area contributed by atoms with E-state index >= 15 is 0 Å². The Labute approximate surface area is 112 Å². The lowest BCUT2D eigenvalue weighted by Gasteiger charge is -2.13. The van der Waals surface area contributed by atoms with Crippen molar-refractivity contribution in [1.82, 2.24) is 0 Å². The normalized spacial score (nSPS) is 12.2. The Morgan fingerprint density at radius 3 is 2.89 bits per heavy atom. The first-order chi connectivity index (χ1) is 8.65. The molecule has 0 aromatic heterocycles. The lowest BCUT2D eigenvalue weighted by Crippen LogP contribution is -2.27. The topological polar surface area (TPSA) is 61.5 Å². The fraction of sp³-hybridized carbons (Fsp3) is 0.462. The maximum Gasteiger partial charge on any atom is 0.308 e. The van der Waals surface area contributed by atoms with Crippen molar-refractivity contribution in [3.63, 3.8) is 0 Å². The second-order valence-electron chi connectivity index (χ2n) is 3.81. The average Bonchev–Trinajstić information content (AvgIpc) is 2.36. The zero-order valence-corrected chi connectivity index (χ0v) is 11.2. The van der Waals surface area contributed by atoms with E-state index in [1.54, 1.807) is 12.1 Å². The van der Waals surface area contributed by atoms with Crippen molar-refractivity contribution in [2.75, 3.05) is 13.2 Å². The third-order valence-corrected chi connectivity index (χ3v) is 2.58. The minimum atomic E-state index is -0.320. The van der Waals surface area contributed by atoms with Gasteiger partial charge >= 0.3 is 5.97 Å². The van der Waals surface area contributed by atoms with Gasteiger partial charge in [0.1, 0.15) is 6.61 Å². The SMILES string of the molecule is CCOC(CN)CC(=O)OCc1cccc(Cl)c1. The standard InChI is InChI=1S/C13H18ClNO3/c1-2-17-12(8-15)7-13(16)18-9-10-4-3-5-11(14)6-10/h3-6,12H,2,7-9,15H2,1H3. The lowest BCUT2D eigenvalue weighted by atomic mass is 10.2. The van der Waals surface area contributed by atoms with Crippen molar-refractivity contribution in [3.8, 4) is 0 Å². The summed E-state index contributed by atoms with van der Waals surface area (Å²) >= 11 is 5.83. The van der Waals surface area contributed by atoms with Crippen LogP contribution < -0.4 is 5.73 Å². The molecule has 0 bridgehead atoms. The summed E-state index contributed by atoms with van der Waals surface area (Å²) in [5, 5.41) is 0.623. The number of nitrogens with two attached hydrogens (primary N) is 1. The van der Waals surface area contributed by atoms with E-state index in [9.17, 15) is 4.79 Å². The lowest BCUT2D eigenvalue weighted by molar-refractivity contribution is -0.147. The highest BCUT2D eigenvalue weighted by molar-refractivity contribution is 6.30. The van der Waals surface area contributed by atoms with Crippen molar-refractivity contribution in [1.29, 1.82) is 0 Å². The van der Waals surface area contributed by atoms with E-state index in [-0.39, 0.29) is 25.1 Å². The van der Waals surface area contributed by atoms with E-state index in [0.717, 1.165) is 5.56 Å². The minimum absolute atomic E-state index is 0.172. The van der Waals surface area contributed by atoms with Gasteiger partial charge in [0.25, 0.3) is 0 Å². The third kappa shape index (κ3) is 5.49. The molecule has 18 heavy (non-hydrogen) atoms. The molecule has 0 aliphatic rings. The van der Waals surface area contributed by atoms with Crippen LogP contribution >= 0.6 is 11.6 Å². The van der Waals surface area contributed by atoms with Crippen molar-refractivity contribution in [2.24, 2.45) is 5.73 Å². The second kappa shape index (κ2) is 8.08. The molecule has 1 aromatic carbocycles. The van der Waals surface area contributed by atoms with Gasteiger partial charge in [0.15, 0.2) is 0 Å². The molecule has 0 amide bonds. The fourth-order valence-corrected chi connectivity index (χ4v) is 1.69. The molecule has 0 aliphatic heterocycles. The maximum atomic E-state index is 11.6. The summed E-state index contributed by atoms with van der Waals surface area (Å²) in [7, 11) is 0. The van der Waals surface area contributed by atoms with Crippen LogP contribution in [0.25, 0.3) is 0 Å². The Morgan fingerprint density at radius 2 is 2.28 bits per heavy atom. The van der Waals surface area contributed by atoms with Crippen LogP contribution in [0.1, 0.15) is 18.9 Å². The van der Waals surface area contributed by atoms with Gasteiger partial charge in [-0.1, -0.05) is 23.7 Å². The van der Waals surface area contributed by atoms with Gasteiger partial charge < -0.3 is 15.2 Å². The van der Waals surface area contributed by atoms with E-state index in [1.165, 1.54) is 0 Å². The summed E-state index contributed by atoms with van der Waals surface area (Å²) < 4.78 is 10.4. The Kier molecular flexibility index (Phi) is 6.72. The monoisotopic (exact) mass is 271 g/mol. The quantitative estimate of drug-likeness (QED) is 0.772. The molecule has 0 radical (unpaired) electrons. The largest absolute Gasteiger partial charge is 0.461 e. The van der Waals surface area contributed by atoms with E-state index in [1.807, 2.05) is 19.1 Å². The number of benzene rings is 1. The first-order valence-corrected chi connectivity index (χ1v) is 6.25. The van der Waals surface area contributed by atoms with Crippen LogP contribution in [-0.4, -0.2) is 25.2 Å². The predicted molar refractivity (Wildman–Crippen MR) is 70.3 cm³/mol. The Bertz CT molecular complexity index is 384. The number of hydrogen-bond donors (Lipinski definition) is 1. The third-order valence-electron chi connectivity index (χ3n) is 2.35. The molecule has 5 heteroatoms. The molecule has 1 atom stereocenters. The van der Waals surface area contributed by atoms with Gasteiger partial charge in [-0.15, -0.1) is 0 Å². The second-order valence-corrected chi connectivity index (χ2v) is 4.24. The van der Waals surface area contributed by atoms with E-state index in [0.29, 0.717) is 18.2 Å². The molecule has 1 aromatic rings. The summed E-state index contributed by atoms with van der Waals surface area (Å²) in [5.74, 6) is -0.320. The number of esters is 1. The van der Waals surface area contributed by atoms with Gasteiger partial charge in [0, 0.05) is 18.2 Å². The van der Waals surface area contributed by atoms with Crippen LogP contribution in [0.3, 0.4) is 0 Å². The number of halogens is 1. The molecule has 0 saturated heterocycles. The van der Waals surface area contributed by atoms with E-state index in [4.69, 9.17) is 26.8 Å². The average molecular weight is 272 g/mol. The van der Waals surface area contributed by atoms with Crippen molar-refractivity contribution in [3.05, 3.63) is 34.9 Å². The first kappa shape index (κ1) is 15.0. The van der Waals surface area contributed by atoms with Crippen LogP contribution in [-0.2, 0) is 20.9 Å². The summed E-state index contributed by atoms with van der Waals surface area (Å²) in [5.41, 5.74) is 6.34. The number of carbonyl (C=O) groups is 1. The van der Waals surface area contributed by atoms with Crippen LogP contribution in [0, 0.1) is 0 Å². The molecule has 1 rings (SSSR count). The smallest absolute Gasteiger partial charge is 0.308 e. The molecule has 0 spiro atoms. The Hall–Kier alpha value is -1.10. The molecule has 0 aliphatic carbocycles. The molecular weight excluding hydrogens is 254 g/mol. The molecule has 0 fully saturated rings. The minimum Gasteiger partial charge on any atom is -0.461 e. The molecular formula is C13H18ClNO3. The molecule has 0 heterocycles. The number of ether oxygens (including phenoxy) is 2. The number of rotatable bonds is 7. The highest BCUT2D eigenvalue weighted by Gasteiger charge is 2.13. The fourth-order valence-electron chi connectivity index (χ4n) is 1.48. The number of hydrogen-bond acceptors (Lipinski definition) is 4. The van der Waals surface area contributed by atoms with Crippen LogP contribution in [0.4, 0.5) is 0 Å². The summed E-state index contributed by atoms with van der Waals surface area (Å²) in [6.07, 6.45) is -0.105. The number of carbonyl (C=O) groups excluding carboxylic acids is 1. The van der Waals surface area contributed by atoms with Gasteiger partial charge in [-0.2, -0.15) is 0 Å². The molecule has 2 N–H and O–H groups in total. The summed E-state index contributed by atoms with van der Waals surface area (Å²) in [6, 6.07) is 7.20. The van der Waals surface area contributed by atoms with Gasteiger partial charge in [0.05, 0.1) is 12.5 Å². The first-order valence-electron chi connectivity index (χ1n) is 5.87. The van der Waals surface area contributed by atoms with Crippen molar-refractivity contribution < 1.29 is 14.3 Å². The Morgan fingerprint density at radius 1 is 1.50 bits per heavy atom. The predicted octanol–water partition coefficient (Wildman–Crippen LogP) is 2.14. The van der Waals surface area contributed by atoms with Crippen LogP contribution in [0.5, 0.6) is 0 Å². The molecule has 100 valence electrons. The van der Waals surface area contributed by atoms with Gasteiger partial charge in [-0.3, -0.25) is 4.79 Å². The van der Waals surface area contributed by atoms with E-state index in [2.05, 4.69) is 0 Å². The van der Waals surface area contributed by atoms with Gasteiger partial charge in [-0.05, 0) is 24.6 Å². The Balaban J connectivity index is 2.36. The highest BCUT2D eigenvalue weighted by Crippen LogP contribution is 2.12.